The molecule has 2 heterocycles. The van der Waals surface area contributed by atoms with Gasteiger partial charge >= 0.3 is 0 Å². The summed E-state index contributed by atoms with van der Waals surface area (Å²) in [4.78, 5) is 22.8. The number of sulfone groups is 1. The molecular formula is C23H17ClFN3O3S. The van der Waals surface area contributed by atoms with Crippen LogP contribution in [0.2, 0.25) is 5.15 Å². The third-order valence-corrected chi connectivity index (χ3v) is 6.19. The van der Waals surface area contributed by atoms with Crippen LogP contribution in [0.3, 0.4) is 0 Å². The number of benzene rings is 2. The molecule has 0 saturated heterocycles. The van der Waals surface area contributed by atoms with Gasteiger partial charge in [-0.1, -0.05) is 23.7 Å². The number of hydrogen-bond donors (Lipinski definition) is 0. The van der Waals surface area contributed by atoms with Gasteiger partial charge in [0.05, 0.1) is 28.2 Å². The van der Waals surface area contributed by atoms with Crippen molar-refractivity contribution < 1.29 is 17.6 Å². The first-order valence-corrected chi connectivity index (χ1v) is 11.8. The summed E-state index contributed by atoms with van der Waals surface area (Å²) in [5.41, 5.74) is 1.20. The van der Waals surface area contributed by atoms with Gasteiger partial charge in [-0.25, -0.2) is 17.8 Å². The Hall–Kier alpha value is -3.36. The van der Waals surface area contributed by atoms with Crippen LogP contribution in [0, 0.1) is 5.82 Å². The van der Waals surface area contributed by atoms with Crippen LogP contribution in [0.5, 0.6) is 0 Å². The standard InChI is InChI=1S/C23H17ClFN3O3S/c1-32(30,31)21-7-3-2-6-20(21)28(23(29)16-5-4-10-26-13-16)14-15-11-18(25)17-8-9-22(24)27-19(17)12-15/h2-13H,14H2,1H3. The van der Waals surface area contributed by atoms with Gasteiger partial charge in [0.2, 0.25) is 0 Å². The molecule has 9 heteroatoms. The van der Waals surface area contributed by atoms with Gasteiger partial charge < -0.3 is 4.90 Å². The molecule has 0 aliphatic carbocycles. The third kappa shape index (κ3) is 4.46. The average molecular weight is 470 g/mol. The molecule has 0 fully saturated rings. The number of aromatic nitrogens is 2. The number of anilines is 1. The Balaban J connectivity index is 1.86. The van der Waals surface area contributed by atoms with Crippen molar-refractivity contribution in [2.75, 3.05) is 11.2 Å². The first-order chi connectivity index (χ1) is 15.2. The Labute approximate surface area is 189 Å². The molecule has 0 aliphatic heterocycles. The molecule has 4 aromatic rings. The largest absolute Gasteiger partial charge is 0.303 e. The summed E-state index contributed by atoms with van der Waals surface area (Å²) >= 11 is 5.95. The number of pyridine rings is 2. The first-order valence-electron chi connectivity index (χ1n) is 9.50. The number of fused-ring (bicyclic) bond motifs is 1. The molecule has 32 heavy (non-hydrogen) atoms. The molecule has 2 aromatic heterocycles. The Kier molecular flexibility index (Phi) is 5.90. The van der Waals surface area contributed by atoms with Gasteiger partial charge in [0.15, 0.2) is 9.84 Å². The summed E-state index contributed by atoms with van der Waals surface area (Å²) in [6.07, 6.45) is 3.99. The van der Waals surface area contributed by atoms with Crippen LogP contribution in [0.25, 0.3) is 10.9 Å². The average Bonchev–Trinajstić information content (AvgIpc) is 2.77. The van der Waals surface area contributed by atoms with Crippen molar-refractivity contribution in [2.45, 2.75) is 11.4 Å². The van der Waals surface area contributed by atoms with E-state index < -0.39 is 21.6 Å². The third-order valence-electron chi connectivity index (χ3n) is 4.83. The number of rotatable bonds is 5. The first kappa shape index (κ1) is 21.9. The number of nitrogens with zero attached hydrogens (tertiary/aromatic N) is 3. The highest BCUT2D eigenvalue weighted by molar-refractivity contribution is 7.90. The summed E-state index contributed by atoms with van der Waals surface area (Å²) in [7, 11) is -3.65. The lowest BCUT2D eigenvalue weighted by Crippen LogP contribution is -2.31. The molecule has 2 aromatic carbocycles. The quantitative estimate of drug-likeness (QED) is 0.397. The van der Waals surface area contributed by atoms with Crippen LogP contribution in [-0.2, 0) is 16.4 Å². The van der Waals surface area contributed by atoms with Crippen molar-refractivity contribution in [3.8, 4) is 0 Å². The molecule has 0 aliphatic rings. The topological polar surface area (TPSA) is 80.2 Å². The zero-order chi connectivity index (χ0) is 22.9. The second kappa shape index (κ2) is 8.64. The molecule has 0 saturated carbocycles. The van der Waals surface area contributed by atoms with Crippen molar-refractivity contribution in [3.05, 3.63) is 95.2 Å². The van der Waals surface area contributed by atoms with E-state index in [-0.39, 0.29) is 27.8 Å². The molecule has 0 radical (unpaired) electrons. The van der Waals surface area contributed by atoms with Crippen LogP contribution in [0.15, 0.2) is 78.0 Å². The highest BCUT2D eigenvalue weighted by Crippen LogP contribution is 2.29. The Morgan fingerprint density at radius 1 is 1.09 bits per heavy atom. The molecule has 0 unspecified atom stereocenters. The predicted octanol–water partition coefficient (Wildman–Crippen LogP) is 4.67. The zero-order valence-electron chi connectivity index (χ0n) is 16.9. The Morgan fingerprint density at radius 3 is 2.59 bits per heavy atom. The normalized spacial score (nSPS) is 11.5. The Morgan fingerprint density at radius 2 is 1.88 bits per heavy atom. The summed E-state index contributed by atoms with van der Waals surface area (Å²) in [5.74, 6) is -0.999. The molecular weight excluding hydrogens is 453 g/mol. The zero-order valence-corrected chi connectivity index (χ0v) is 18.4. The van der Waals surface area contributed by atoms with Crippen molar-refractivity contribution in [2.24, 2.45) is 0 Å². The van der Waals surface area contributed by atoms with Gasteiger partial charge in [0, 0.05) is 24.0 Å². The summed E-state index contributed by atoms with van der Waals surface area (Å²) in [5, 5.41) is 0.500. The van der Waals surface area contributed by atoms with Crippen LogP contribution in [0.4, 0.5) is 10.1 Å². The van der Waals surface area contributed by atoms with Crippen molar-refractivity contribution >= 4 is 43.9 Å². The lowest BCUT2D eigenvalue weighted by molar-refractivity contribution is 0.0984. The van der Waals surface area contributed by atoms with E-state index in [0.29, 0.717) is 16.5 Å². The van der Waals surface area contributed by atoms with E-state index in [4.69, 9.17) is 11.6 Å². The molecule has 0 atom stereocenters. The van der Waals surface area contributed by atoms with Crippen LogP contribution in [-0.4, -0.2) is 30.5 Å². The van der Waals surface area contributed by atoms with Crippen molar-refractivity contribution in [3.63, 3.8) is 0 Å². The molecule has 0 bridgehead atoms. The molecule has 162 valence electrons. The maximum absolute atomic E-state index is 14.7. The molecule has 0 spiro atoms. The lowest BCUT2D eigenvalue weighted by atomic mass is 10.1. The number of halogens is 2. The van der Waals surface area contributed by atoms with Crippen LogP contribution >= 0.6 is 11.6 Å². The molecule has 4 rings (SSSR count). The lowest BCUT2D eigenvalue weighted by Gasteiger charge is -2.25. The second-order valence-corrected chi connectivity index (χ2v) is 9.52. The number of carbonyl (C=O) groups is 1. The number of para-hydroxylation sites is 1. The fourth-order valence-corrected chi connectivity index (χ4v) is 4.44. The molecule has 6 nitrogen and oxygen atoms in total. The van der Waals surface area contributed by atoms with E-state index in [2.05, 4.69) is 9.97 Å². The van der Waals surface area contributed by atoms with E-state index in [9.17, 15) is 17.6 Å². The van der Waals surface area contributed by atoms with Crippen LogP contribution in [0.1, 0.15) is 15.9 Å². The van der Waals surface area contributed by atoms with Crippen molar-refractivity contribution in [1.82, 2.24) is 9.97 Å². The number of amides is 1. The Bertz CT molecular complexity index is 1430. The molecule has 1 amide bonds. The van der Waals surface area contributed by atoms with Gasteiger partial charge in [-0.05, 0) is 54.1 Å². The van der Waals surface area contributed by atoms with E-state index >= 15 is 0 Å². The minimum absolute atomic E-state index is 0.0142. The maximum Gasteiger partial charge on any atom is 0.260 e. The van der Waals surface area contributed by atoms with Gasteiger partial charge in [-0.2, -0.15) is 0 Å². The number of hydrogen-bond acceptors (Lipinski definition) is 5. The highest BCUT2D eigenvalue weighted by Gasteiger charge is 2.25. The smallest absolute Gasteiger partial charge is 0.260 e. The SMILES string of the molecule is CS(=O)(=O)c1ccccc1N(Cc1cc(F)c2ccc(Cl)nc2c1)C(=O)c1cccnc1. The maximum atomic E-state index is 14.7. The fraction of sp³-hybridized carbons (Fsp3) is 0.0870. The van der Waals surface area contributed by atoms with Gasteiger partial charge in [-0.15, -0.1) is 0 Å². The summed E-state index contributed by atoms with van der Waals surface area (Å²) in [6, 6.07) is 15.3. The van der Waals surface area contributed by atoms with Crippen molar-refractivity contribution in [1.29, 1.82) is 0 Å². The van der Waals surface area contributed by atoms with E-state index in [1.165, 1.54) is 47.6 Å². The highest BCUT2D eigenvalue weighted by atomic mass is 35.5. The van der Waals surface area contributed by atoms with E-state index in [1.54, 1.807) is 30.3 Å². The second-order valence-electron chi connectivity index (χ2n) is 7.15. The predicted molar refractivity (Wildman–Crippen MR) is 121 cm³/mol. The number of carbonyl (C=O) groups excluding carboxylic acids is 1. The summed E-state index contributed by atoms with van der Waals surface area (Å²) in [6.45, 7) is -0.0959. The van der Waals surface area contributed by atoms with Gasteiger partial charge in [-0.3, -0.25) is 9.78 Å². The summed E-state index contributed by atoms with van der Waals surface area (Å²) < 4.78 is 39.5. The fourth-order valence-electron chi connectivity index (χ4n) is 3.40. The minimum atomic E-state index is -3.65. The minimum Gasteiger partial charge on any atom is -0.303 e. The molecule has 0 N–H and O–H groups in total. The van der Waals surface area contributed by atoms with E-state index in [1.807, 2.05) is 0 Å². The monoisotopic (exact) mass is 469 g/mol. The van der Waals surface area contributed by atoms with Gasteiger partial charge in [0.25, 0.3) is 5.91 Å². The van der Waals surface area contributed by atoms with E-state index in [0.717, 1.165) is 6.26 Å². The van der Waals surface area contributed by atoms with Gasteiger partial charge in [0.1, 0.15) is 11.0 Å². The van der Waals surface area contributed by atoms with Crippen LogP contribution < -0.4 is 4.90 Å².